The predicted octanol–water partition coefficient (Wildman–Crippen LogP) is 3.96. The van der Waals surface area contributed by atoms with Gasteiger partial charge in [0.05, 0.1) is 35.3 Å². The van der Waals surface area contributed by atoms with Crippen molar-refractivity contribution < 1.29 is 32.0 Å². The average Bonchev–Trinajstić information content (AvgIpc) is 3.54. The van der Waals surface area contributed by atoms with Gasteiger partial charge in [0, 0.05) is 30.4 Å². The van der Waals surface area contributed by atoms with Gasteiger partial charge in [-0.15, -0.1) is 0 Å². The minimum absolute atomic E-state index is 0.0362. The van der Waals surface area contributed by atoms with Crippen LogP contribution in [0.15, 0.2) is 71.9 Å². The summed E-state index contributed by atoms with van der Waals surface area (Å²) in [5.74, 6) is 1.48. The summed E-state index contributed by atoms with van der Waals surface area (Å²) in [6.07, 6.45) is 9.67. The first kappa shape index (κ1) is 28.3. The zero-order chi connectivity index (χ0) is 28.5. The summed E-state index contributed by atoms with van der Waals surface area (Å²) in [7, 11) is -7.90. The van der Waals surface area contributed by atoms with Gasteiger partial charge in [-0.05, 0) is 48.3 Å². The number of fused-ring (bicyclic) bond motifs is 3. The van der Waals surface area contributed by atoms with E-state index in [0.717, 1.165) is 33.8 Å². The molecule has 0 saturated heterocycles. The molecule has 2 aromatic heterocycles. The Morgan fingerprint density at radius 2 is 2.00 bits per heavy atom. The number of allylic oxidation sites excluding steroid dienone is 2. The quantitative estimate of drug-likeness (QED) is 0.222. The van der Waals surface area contributed by atoms with E-state index in [9.17, 15) is 13.0 Å². The molecular formula is C27H31N4O7PS. The number of nitrogens with zero attached hydrogens (tertiary/aromatic N) is 3. The van der Waals surface area contributed by atoms with Gasteiger partial charge in [0.2, 0.25) is 0 Å². The van der Waals surface area contributed by atoms with E-state index >= 15 is 0 Å². The van der Waals surface area contributed by atoms with Crippen LogP contribution in [0.1, 0.15) is 41.6 Å². The van der Waals surface area contributed by atoms with Crippen molar-refractivity contribution in [2.75, 3.05) is 17.7 Å². The number of rotatable bonds is 11. The van der Waals surface area contributed by atoms with E-state index in [2.05, 4.69) is 25.9 Å². The number of hydrogen-bond donors (Lipinski definition) is 3. The largest absolute Gasteiger partial charge is 0.496 e. The molecule has 0 radical (unpaired) electrons. The molecule has 0 saturated carbocycles. The second kappa shape index (κ2) is 11.3. The van der Waals surface area contributed by atoms with Crippen LogP contribution >= 0.6 is 7.82 Å². The molecule has 1 aromatic carbocycles. The highest BCUT2D eigenvalue weighted by Gasteiger charge is 2.41. The molecule has 1 aliphatic carbocycles. The van der Waals surface area contributed by atoms with E-state index < -0.39 is 17.7 Å². The summed E-state index contributed by atoms with van der Waals surface area (Å²) < 4.78 is 48.5. The van der Waals surface area contributed by atoms with E-state index in [1.54, 1.807) is 37.6 Å². The SMILES string of the molecule is CCS(=O)(=O)c1cccc(C2=CC=C(OCCCn3cnc(COP(=O)(O)O)c3)C3Nc4ncc(C)cc4C23)c1. The molecule has 11 nitrogen and oxygen atoms in total. The monoisotopic (exact) mass is 586 g/mol. The van der Waals surface area contributed by atoms with Crippen LogP contribution in [0.3, 0.4) is 0 Å². The van der Waals surface area contributed by atoms with E-state index in [-0.39, 0.29) is 24.3 Å². The standard InChI is InChI=1S/C27H31N4O7PS/c1-3-40(35,36)21-7-4-6-19(13-21)22-8-9-24(26-25(22)23-12-18(2)14-28-27(23)30-26)37-11-5-10-31-15-20(29-17-31)16-38-39(32,33)34/h4,6-9,12-15,17,25-26H,3,5,10-11,16H2,1-2H3,(H,28,30)(H2,32,33,34). The Hall–Kier alpha value is -3.28. The van der Waals surface area contributed by atoms with Crippen molar-refractivity contribution >= 4 is 29.1 Å². The van der Waals surface area contributed by atoms with Gasteiger partial charge in [-0.1, -0.05) is 31.2 Å². The highest BCUT2D eigenvalue weighted by Crippen LogP contribution is 2.48. The van der Waals surface area contributed by atoms with E-state index in [1.165, 1.54) is 0 Å². The second-order valence-electron chi connectivity index (χ2n) is 9.74. The van der Waals surface area contributed by atoms with Gasteiger partial charge < -0.3 is 24.4 Å². The Morgan fingerprint density at radius 1 is 1.18 bits per heavy atom. The first-order valence-electron chi connectivity index (χ1n) is 12.9. The van der Waals surface area contributed by atoms with Crippen molar-refractivity contribution in [2.45, 2.75) is 50.3 Å². The van der Waals surface area contributed by atoms with Crippen LogP contribution in [0.4, 0.5) is 5.82 Å². The fourth-order valence-corrected chi connectivity index (χ4v) is 6.19. The first-order valence-corrected chi connectivity index (χ1v) is 16.0. The molecule has 0 fully saturated rings. The van der Waals surface area contributed by atoms with Crippen LogP contribution in [0.2, 0.25) is 0 Å². The molecule has 0 bridgehead atoms. The molecule has 5 rings (SSSR count). The number of ether oxygens (including phenoxy) is 1. The van der Waals surface area contributed by atoms with E-state index in [0.29, 0.717) is 30.2 Å². The molecule has 2 unspecified atom stereocenters. The molecule has 0 amide bonds. The molecule has 3 N–H and O–H groups in total. The van der Waals surface area contributed by atoms with Gasteiger partial charge in [-0.25, -0.2) is 23.0 Å². The number of phosphoric ester groups is 1. The summed E-state index contributed by atoms with van der Waals surface area (Å²) in [6.45, 7) is 4.39. The van der Waals surface area contributed by atoms with Crippen molar-refractivity contribution in [1.29, 1.82) is 0 Å². The van der Waals surface area contributed by atoms with Gasteiger partial charge in [0.25, 0.3) is 0 Å². The second-order valence-corrected chi connectivity index (χ2v) is 13.3. The fraction of sp³-hybridized carbons (Fsp3) is 0.333. The third kappa shape index (κ3) is 6.21. The molecule has 13 heteroatoms. The van der Waals surface area contributed by atoms with Crippen molar-refractivity contribution in [1.82, 2.24) is 14.5 Å². The smallest absolute Gasteiger partial charge is 0.469 e. The lowest BCUT2D eigenvalue weighted by atomic mass is 9.80. The number of sulfone groups is 1. The lowest BCUT2D eigenvalue weighted by Gasteiger charge is -2.29. The van der Waals surface area contributed by atoms with Crippen LogP contribution in [0.5, 0.6) is 0 Å². The van der Waals surface area contributed by atoms with Gasteiger partial charge in [-0.2, -0.15) is 0 Å². The van der Waals surface area contributed by atoms with Gasteiger partial charge in [0.15, 0.2) is 9.84 Å². The zero-order valence-corrected chi connectivity index (χ0v) is 23.8. The number of aromatic nitrogens is 3. The summed E-state index contributed by atoms with van der Waals surface area (Å²) in [4.78, 5) is 26.7. The number of benzene rings is 1. The topological polar surface area (TPSA) is 153 Å². The lowest BCUT2D eigenvalue weighted by molar-refractivity contribution is 0.186. The van der Waals surface area contributed by atoms with Crippen molar-refractivity contribution in [3.63, 3.8) is 0 Å². The molecule has 212 valence electrons. The van der Waals surface area contributed by atoms with Crippen LogP contribution in [0, 0.1) is 6.92 Å². The van der Waals surface area contributed by atoms with Crippen molar-refractivity contribution in [3.8, 4) is 0 Å². The number of imidazole rings is 1. The third-order valence-corrected chi connectivity index (χ3v) is 9.08. The maximum absolute atomic E-state index is 12.6. The predicted molar refractivity (Wildman–Crippen MR) is 149 cm³/mol. The maximum Gasteiger partial charge on any atom is 0.469 e. The zero-order valence-electron chi connectivity index (χ0n) is 22.1. The normalized spacial score (nSPS) is 18.4. The Morgan fingerprint density at radius 3 is 2.77 bits per heavy atom. The van der Waals surface area contributed by atoms with Gasteiger partial charge in [-0.3, -0.25) is 4.52 Å². The number of nitrogens with one attached hydrogen (secondary N) is 1. The maximum atomic E-state index is 12.6. The Bertz CT molecular complexity index is 1630. The minimum Gasteiger partial charge on any atom is -0.496 e. The van der Waals surface area contributed by atoms with E-state index in [1.807, 2.05) is 35.9 Å². The number of anilines is 1. The molecule has 3 heterocycles. The highest BCUT2D eigenvalue weighted by molar-refractivity contribution is 7.91. The minimum atomic E-state index is -4.55. The number of aryl methyl sites for hydroxylation is 2. The van der Waals surface area contributed by atoms with Crippen molar-refractivity contribution in [2.24, 2.45) is 0 Å². The highest BCUT2D eigenvalue weighted by atomic mass is 32.2. The number of phosphoric acid groups is 1. The molecule has 40 heavy (non-hydrogen) atoms. The molecule has 2 aliphatic rings. The van der Waals surface area contributed by atoms with Gasteiger partial charge >= 0.3 is 7.82 Å². The van der Waals surface area contributed by atoms with Crippen LogP contribution < -0.4 is 5.32 Å². The number of hydrogen-bond acceptors (Lipinski definition) is 8. The summed E-state index contributed by atoms with van der Waals surface area (Å²) >= 11 is 0. The average molecular weight is 587 g/mol. The van der Waals surface area contributed by atoms with Crippen LogP contribution in [-0.4, -0.2) is 51.1 Å². The third-order valence-electron chi connectivity index (χ3n) is 6.89. The van der Waals surface area contributed by atoms with Crippen molar-refractivity contribution in [3.05, 3.63) is 89.3 Å². The first-order chi connectivity index (χ1) is 19.0. The van der Waals surface area contributed by atoms with Crippen LogP contribution in [0.25, 0.3) is 5.57 Å². The van der Waals surface area contributed by atoms with Gasteiger partial charge in [0.1, 0.15) is 18.2 Å². The Balaban J connectivity index is 1.32. The summed E-state index contributed by atoms with van der Waals surface area (Å²) in [6, 6.07) is 9.00. The lowest BCUT2D eigenvalue weighted by Crippen LogP contribution is -2.28. The summed E-state index contributed by atoms with van der Waals surface area (Å²) in [5.41, 5.74) is 4.33. The Kier molecular flexibility index (Phi) is 7.98. The molecule has 0 spiro atoms. The molecule has 3 aromatic rings. The van der Waals surface area contributed by atoms with E-state index in [4.69, 9.17) is 14.5 Å². The molecule has 1 aliphatic heterocycles. The van der Waals surface area contributed by atoms with Crippen LogP contribution in [-0.2, 0) is 36.8 Å². The fourth-order valence-electron chi connectivity index (χ4n) is 4.96. The number of pyridine rings is 1. The molecule has 2 atom stereocenters. The molecular weight excluding hydrogens is 555 g/mol. The summed E-state index contributed by atoms with van der Waals surface area (Å²) in [5, 5.41) is 3.50. The Labute approximate surface area is 232 Å².